The first-order chi connectivity index (χ1) is 12.4. The lowest BCUT2D eigenvalue weighted by Crippen LogP contribution is -2.23. The van der Waals surface area contributed by atoms with E-state index in [1.165, 1.54) is 6.07 Å². The van der Waals surface area contributed by atoms with E-state index in [1.54, 1.807) is 30.3 Å². The van der Waals surface area contributed by atoms with Crippen LogP contribution in [0, 0.1) is 6.92 Å². The SMILES string of the molecule is Cc1cc(Cc2ccc(=O)n(CO)n2)n(C)c1C(=O)c1ccc(Cl)cc1. The second-order valence-corrected chi connectivity index (χ2v) is 6.48. The molecule has 0 aliphatic rings. The summed E-state index contributed by atoms with van der Waals surface area (Å²) in [6.07, 6.45) is 0.436. The Kier molecular flexibility index (Phi) is 5.06. The molecule has 134 valence electrons. The fourth-order valence-electron chi connectivity index (χ4n) is 2.93. The van der Waals surface area contributed by atoms with Gasteiger partial charge in [-0.1, -0.05) is 11.6 Å². The van der Waals surface area contributed by atoms with Gasteiger partial charge < -0.3 is 9.67 Å². The summed E-state index contributed by atoms with van der Waals surface area (Å²) < 4.78 is 2.83. The molecule has 0 atom stereocenters. The minimum Gasteiger partial charge on any atom is -0.374 e. The van der Waals surface area contributed by atoms with Gasteiger partial charge in [-0.05, 0) is 48.9 Å². The smallest absolute Gasteiger partial charge is 0.268 e. The molecule has 0 bridgehead atoms. The molecule has 26 heavy (non-hydrogen) atoms. The molecule has 2 heterocycles. The Hall–Kier alpha value is -2.70. The van der Waals surface area contributed by atoms with Gasteiger partial charge >= 0.3 is 0 Å². The maximum Gasteiger partial charge on any atom is 0.268 e. The van der Waals surface area contributed by atoms with Gasteiger partial charge in [0.1, 0.15) is 6.73 Å². The Balaban J connectivity index is 1.94. The fraction of sp³-hybridized carbons (Fsp3) is 0.211. The average Bonchev–Trinajstić information content (AvgIpc) is 2.90. The van der Waals surface area contributed by atoms with Gasteiger partial charge in [0.25, 0.3) is 5.56 Å². The summed E-state index contributed by atoms with van der Waals surface area (Å²) in [5, 5.41) is 13.9. The van der Waals surface area contributed by atoms with Gasteiger partial charge in [0.2, 0.25) is 5.78 Å². The van der Waals surface area contributed by atoms with E-state index in [0.29, 0.717) is 28.4 Å². The summed E-state index contributed by atoms with van der Waals surface area (Å²) >= 11 is 5.89. The average molecular weight is 372 g/mol. The van der Waals surface area contributed by atoms with Crippen LogP contribution in [0.2, 0.25) is 5.02 Å². The molecule has 0 fully saturated rings. The zero-order valence-electron chi connectivity index (χ0n) is 14.4. The van der Waals surface area contributed by atoms with Crippen LogP contribution < -0.4 is 5.56 Å². The van der Waals surface area contributed by atoms with E-state index in [2.05, 4.69) is 5.10 Å². The molecule has 0 saturated carbocycles. The highest BCUT2D eigenvalue weighted by Gasteiger charge is 2.19. The molecule has 3 aromatic rings. The number of hydrogen-bond donors (Lipinski definition) is 1. The number of nitrogens with zero attached hydrogens (tertiary/aromatic N) is 3. The third kappa shape index (κ3) is 3.47. The minimum atomic E-state index is -0.473. The molecule has 2 aromatic heterocycles. The molecule has 1 aromatic carbocycles. The van der Waals surface area contributed by atoms with Crippen molar-refractivity contribution in [2.75, 3.05) is 0 Å². The number of carbonyl (C=O) groups is 1. The van der Waals surface area contributed by atoms with E-state index in [1.807, 2.05) is 24.6 Å². The van der Waals surface area contributed by atoms with Crippen molar-refractivity contribution in [2.24, 2.45) is 7.05 Å². The molecule has 1 N–H and O–H groups in total. The summed E-state index contributed by atoms with van der Waals surface area (Å²) in [5.74, 6) is -0.0822. The highest BCUT2D eigenvalue weighted by atomic mass is 35.5. The van der Waals surface area contributed by atoms with Crippen molar-refractivity contribution in [3.8, 4) is 0 Å². The van der Waals surface area contributed by atoms with Gasteiger partial charge in [0.15, 0.2) is 0 Å². The number of aliphatic hydroxyl groups is 1. The van der Waals surface area contributed by atoms with Crippen molar-refractivity contribution in [1.29, 1.82) is 0 Å². The first-order valence-electron chi connectivity index (χ1n) is 8.04. The minimum absolute atomic E-state index is 0.0822. The molecule has 7 heteroatoms. The van der Waals surface area contributed by atoms with Crippen molar-refractivity contribution in [3.63, 3.8) is 0 Å². The van der Waals surface area contributed by atoms with Crippen LogP contribution in [0.25, 0.3) is 0 Å². The van der Waals surface area contributed by atoms with Crippen molar-refractivity contribution in [1.82, 2.24) is 14.3 Å². The second kappa shape index (κ2) is 7.27. The number of aromatic nitrogens is 3. The van der Waals surface area contributed by atoms with Crippen LogP contribution in [-0.4, -0.2) is 25.2 Å². The lowest BCUT2D eigenvalue weighted by molar-refractivity contribution is 0.103. The zero-order valence-corrected chi connectivity index (χ0v) is 15.2. The maximum absolute atomic E-state index is 12.9. The van der Waals surface area contributed by atoms with Crippen LogP contribution in [0.15, 0.2) is 47.3 Å². The van der Waals surface area contributed by atoms with E-state index in [0.717, 1.165) is 15.9 Å². The lowest BCUT2D eigenvalue weighted by atomic mass is 10.1. The number of halogens is 1. The third-order valence-corrected chi connectivity index (χ3v) is 4.51. The lowest BCUT2D eigenvalue weighted by Gasteiger charge is -2.09. The first-order valence-corrected chi connectivity index (χ1v) is 8.42. The summed E-state index contributed by atoms with van der Waals surface area (Å²) in [4.78, 5) is 24.4. The van der Waals surface area contributed by atoms with E-state index in [-0.39, 0.29) is 11.3 Å². The predicted octanol–water partition coefficient (Wildman–Crippen LogP) is 2.32. The van der Waals surface area contributed by atoms with Crippen molar-refractivity contribution >= 4 is 17.4 Å². The molecule has 0 amide bonds. The molecule has 0 aliphatic carbocycles. The van der Waals surface area contributed by atoms with Gasteiger partial charge in [-0.15, -0.1) is 0 Å². The number of aliphatic hydroxyl groups excluding tert-OH is 1. The number of rotatable bonds is 5. The summed E-state index contributed by atoms with van der Waals surface area (Å²) in [6.45, 7) is 1.41. The van der Waals surface area contributed by atoms with E-state index in [9.17, 15) is 14.7 Å². The topological polar surface area (TPSA) is 77.1 Å². The van der Waals surface area contributed by atoms with E-state index >= 15 is 0 Å². The Morgan fingerprint density at radius 1 is 1.19 bits per heavy atom. The number of hydrogen-bond acceptors (Lipinski definition) is 4. The number of ketones is 1. The number of aryl methyl sites for hydroxylation is 1. The van der Waals surface area contributed by atoms with Gasteiger partial charge in [0.05, 0.1) is 11.4 Å². The summed E-state index contributed by atoms with van der Waals surface area (Å²) in [7, 11) is 1.83. The summed E-state index contributed by atoms with van der Waals surface area (Å²) in [6, 6.07) is 11.7. The standard InChI is InChI=1S/C19H18ClN3O3/c1-12-9-16(10-15-7-8-17(25)23(11-24)21-15)22(2)18(12)19(26)13-3-5-14(20)6-4-13/h3-9,24H,10-11H2,1-2H3. The van der Waals surface area contributed by atoms with Gasteiger partial charge in [-0.25, -0.2) is 4.68 Å². The van der Waals surface area contributed by atoms with Crippen molar-refractivity contribution < 1.29 is 9.90 Å². The van der Waals surface area contributed by atoms with Gasteiger partial charge in [0, 0.05) is 35.8 Å². The molecule has 3 rings (SSSR count). The zero-order chi connectivity index (χ0) is 18.8. The Bertz CT molecular complexity index is 1020. The van der Waals surface area contributed by atoms with Crippen molar-refractivity contribution in [2.45, 2.75) is 20.1 Å². The Labute approximate surface area is 155 Å². The second-order valence-electron chi connectivity index (χ2n) is 6.04. The highest BCUT2D eigenvalue weighted by Crippen LogP contribution is 2.21. The van der Waals surface area contributed by atoms with E-state index in [4.69, 9.17) is 11.6 Å². The molecule has 0 spiro atoms. The molecule has 6 nitrogen and oxygen atoms in total. The highest BCUT2D eigenvalue weighted by molar-refractivity contribution is 6.30. The Morgan fingerprint density at radius 3 is 2.54 bits per heavy atom. The number of carbonyl (C=O) groups excluding carboxylic acids is 1. The largest absolute Gasteiger partial charge is 0.374 e. The third-order valence-electron chi connectivity index (χ3n) is 4.26. The fourth-order valence-corrected chi connectivity index (χ4v) is 3.06. The predicted molar refractivity (Wildman–Crippen MR) is 98.6 cm³/mol. The van der Waals surface area contributed by atoms with Crippen LogP contribution in [0.1, 0.15) is 33.0 Å². The van der Waals surface area contributed by atoms with Crippen LogP contribution >= 0.6 is 11.6 Å². The molecule has 0 unspecified atom stereocenters. The van der Waals surface area contributed by atoms with Crippen LogP contribution in [0.3, 0.4) is 0 Å². The van der Waals surface area contributed by atoms with Crippen LogP contribution in [0.4, 0.5) is 0 Å². The molecule has 0 aliphatic heterocycles. The summed E-state index contributed by atoms with van der Waals surface area (Å²) in [5.41, 5.74) is 3.17. The first kappa shape index (κ1) is 18.1. The van der Waals surface area contributed by atoms with Gasteiger partial charge in [-0.2, -0.15) is 5.10 Å². The van der Waals surface area contributed by atoms with E-state index < -0.39 is 6.73 Å². The van der Waals surface area contributed by atoms with Crippen LogP contribution in [-0.2, 0) is 20.2 Å². The maximum atomic E-state index is 12.9. The molecule has 0 radical (unpaired) electrons. The Morgan fingerprint density at radius 2 is 1.88 bits per heavy atom. The van der Waals surface area contributed by atoms with Crippen LogP contribution in [0.5, 0.6) is 0 Å². The number of benzene rings is 1. The molecular formula is C19H18ClN3O3. The molecular weight excluding hydrogens is 354 g/mol. The monoisotopic (exact) mass is 371 g/mol. The quantitative estimate of drug-likeness (QED) is 0.698. The normalized spacial score (nSPS) is 10.9. The van der Waals surface area contributed by atoms with Crippen molar-refractivity contribution in [3.05, 3.63) is 86.0 Å². The van der Waals surface area contributed by atoms with Gasteiger partial charge in [-0.3, -0.25) is 9.59 Å². The molecule has 0 saturated heterocycles.